The van der Waals surface area contributed by atoms with E-state index in [-0.39, 0.29) is 0 Å². The summed E-state index contributed by atoms with van der Waals surface area (Å²) in [7, 11) is 0. The van der Waals surface area contributed by atoms with E-state index < -0.39 is 0 Å². The Labute approximate surface area is 110 Å². The number of pyridine rings is 1. The summed E-state index contributed by atoms with van der Waals surface area (Å²) >= 11 is 0. The van der Waals surface area contributed by atoms with E-state index in [1.807, 2.05) is 22.9 Å². The van der Waals surface area contributed by atoms with Gasteiger partial charge in [0.1, 0.15) is 5.82 Å². The molecule has 0 bridgehead atoms. The van der Waals surface area contributed by atoms with Gasteiger partial charge in [-0.2, -0.15) is 0 Å². The molecule has 6 heteroatoms. The summed E-state index contributed by atoms with van der Waals surface area (Å²) in [5, 5.41) is 3.26. The van der Waals surface area contributed by atoms with E-state index in [4.69, 9.17) is 5.73 Å². The predicted molar refractivity (Wildman–Crippen MR) is 73.7 cm³/mol. The number of nitrogens with two attached hydrogens (primary N) is 1. The van der Waals surface area contributed by atoms with Gasteiger partial charge in [0, 0.05) is 31.3 Å². The molecular weight excluding hydrogens is 240 g/mol. The molecule has 0 radical (unpaired) electrons. The van der Waals surface area contributed by atoms with Crippen LogP contribution in [0, 0.1) is 6.92 Å². The molecule has 0 saturated carbocycles. The zero-order valence-electron chi connectivity index (χ0n) is 10.5. The van der Waals surface area contributed by atoms with Crippen molar-refractivity contribution < 1.29 is 0 Å². The van der Waals surface area contributed by atoms with Gasteiger partial charge in [-0.05, 0) is 24.1 Å². The largest absolute Gasteiger partial charge is 0.382 e. The minimum atomic E-state index is 0.455. The Morgan fingerprint density at radius 2 is 2.26 bits per heavy atom. The number of nitrogens with one attached hydrogen (secondary N) is 1. The molecule has 3 aromatic heterocycles. The first-order valence-corrected chi connectivity index (χ1v) is 5.96. The third kappa shape index (κ3) is 2.20. The van der Waals surface area contributed by atoms with Gasteiger partial charge in [-0.3, -0.25) is 4.98 Å². The molecule has 96 valence electrons. The quantitative estimate of drug-likeness (QED) is 0.742. The molecule has 0 aliphatic heterocycles. The van der Waals surface area contributed by atoms with Crippen LogP contribution in [0.5, 0.6) is 0 Å². The molecule has 0 aromatic carbocycles. The average molecular weight is 254 g/mol. The van der Waals surface area contributed by atoms with Crippen molar-refractivity contribution in [3.8, 4) is 0 Å². The van der Waals surface area contributed by atoms with Gasteiger partial charge in [0.15, 0.2) is 11.5 Å². The molecule has 0 aliphatic rings. The van der Waals surface area contributed by atoms with Gasteiger partial charge < -0.3 is 15.5 Å². The minimum absolute atomic E-state index is 0.455. The minimum Gasteiger partial charge on any atom is -0.382 e. The molecule has 0 amide bonds. The summed E-state index contributed by atoms with van der Waals surface area (Å²) in [5.41, 5.74) is 8.84. The van der Waals surface area contributed by atoms with E-state index in [2.05, 4.69) is 27.2 Å². The fraction of sp³-hybridized carbons (Fsp3) is 0.154. The molecule has 0 atom stereocenters. The molecule has 0 aliphatic carbocycles. The molecule has 6 nitrogen and oxygen atoms in total. The van der Waals surface area contributed by atoms with Crippen molar-refractivity contribution in [3.63, 3.8) is 0 Å². The number of rotatable bonds is 3. The highest BCUT2D eigenvalue weighted by molar-refractivity contribution is 5.64. The van der Waals surface area contributed by atoms with E-state index in [1.165, 1.54) is 5.56 Å². The molecule has 0 saturated heterocycles. The first-order chi connectivity index (χ1) is 9.24. The standard InChI is InChI=1S/C13H14N6/c1-9-2-3-15-6-10(9)7-17-12-13-16-4-5-19(13)8-11(14)18-12/h2-6,8H,7,14H2,1H3,(H,17,18). The average Bonchev–Trinajstić information content (AvgIpc) is 2.85. The lowest BCUT2D eigenvalue weighted by molar-refractivity contribution is 1.05. The summed E-state index contributed by atoms with van der Waals surface area (Å²) in [6.45, 7) is 2.69. The van der Waals surface area contributed by atoms with Crippen LogP contribution >= 0.6 is 0 Å². The highest BCUT2D eigenvalue weighted by Gasteiger charge is 2.06. The van der Waals surface area contributed by atoms with Gasteiger partial charge in [-0.15, -0.1) is 0 Å². The van der Waals surface area contributed by atoms with E-state index >= 15 is 0 Å². The van der Waals surface area contributed by atoms with Crippen molar-refractivity contribution in [2.75, 3.05) is 11.1 Å². The van der Waals surface area contributed by atoms with Crippen molar-refractivity contribution >= 4 is 17.3 Å². The molecule has 3 heterocycles. The zero-order chi connectivity index (χ0) is 13.2. The highest BCUT2D eigenvalue weighted by Crippen LogP contribution is 2.16. The molecule has 0 spiro atoms. The number of aryl methyl sites for hydroxylation is 1. The summed E-state index contributed by atoms with van der Waals surface area (Å²) in [5.74, 6) is 1.13. The Bertz CT molecular complexity index is 718. The van der Waals surface area contributed by atoms with Crippen molar-refractivity contribution in [2.24, 2.45) is 0 Å². The lowest BCUT2D eigenvalue weighted by Gasteiger charge is -2.09. The SMILES string of the molecule is Cc1ccncc1CNc1nc(N)cn2ccnc12. The lowest BCUT2D eigenvalue weighted by atomic mass is 10.1. The van der Waals surface area contributed by atoms with Gasteiger partial charge >= 0.3 is 0 Å². The zero-order valence-corrected chi connectivity index (χ0v) is 10.5. The maximum absolute atomic E-state index is 5.77. The lowest BCUT2D eigenvalue weighted by Crippen LogP contribution is -2.07. The van der Waals surface area contributed by atoms with Crippen LogP contribution in [0.15, 0.2) is 37.1 Å². The number of hydrogen-bond donors (Lipinski definition) is 2. The summed E-state index contributed by atoms with van der Waals surface area (Å²) in [6.07, 6.45) is 8.93. The maximum atomic E-state index is 5.77. The Morgan fingerprint density at radius 1 is 1.37 bits per heavy atom. The van der Waals surface area contributed by atoms with E-state index in [0.717, 1.165) is 11.2 Å². The van der Waals surface area contributed by atoms with Crippen LogP contribution in [0.3, 0.4) is 0 Å². The Hall–Kier alpha value is -2.63. The van der Waals surface area contributed by atoms with Gasteiger partial charge in [0.05, 0.1) is 6.20 Å². The Balaban J connectivity index is 1.90. The molecular formula is C13H14N6. The molecule has 3 rings (SSSR count). The summed E-state index contributed by atoms with van der Waals surface area (Å²) in [4.78, 5) is 12.7. The molecule has 0 fully saturated rings. The van der Waals surface area contributed by atoms with Crippen LogP contribution in [0.1, 0.15) is 11.1 Å². The second-order valence-electron chi connectivity index (χ2n) is 4.33. The molecule has 3 N–H and O–H groups in total. The molecule has 19 heavy (non-hydrogen) atoms. The topological polar surface area (TPSA) is 81.1 Å². The number of nitrogen functional groups attached to an aromatic ring is 1. The van der Waals surface area contributed by atoms with Gasteiger partial charge in [0.25, 0.3) is 0 Å². The molecule has 0 unspecified atom stereocenters. The Morgan fingerprint density at radius 3 is 3.11 bits per heavy atom. The van der Waals surface area contributed by atoms with E-state index in [9.17, 15) is 0 Å². The monoisotopic (exact) mass is 254 g/mol. The van der Waals surface area contributed by atoms with Crippen LogP contribution in [0.2, 0.25) is 0 Å². The van der Waals surface area contributed by atoms with Crippen LogP contribution < -0.4 is 11.1 Å². The van der Waals surface area contributed by atoms with E-state index in [1.54, 1.807) is 18.6 Å². The normalized spacial score (nSPS) is 10.8. The predicted octanol–water partition coefficient (Wildman–Crippen LogP) is 1.63. The number of fused-ring (bicyclic) bond motifs is 1. The smallest absolute Gasteiger partial charge is 0.180 e. The molecule has 3 aromatic rings. The number of nitrogens with zero attached hydrogens (tertiary/aromatic N) is 4. The number of anilines is 2. The van der Waals surface area contributed by atoms with Crippen molar-refractivity contribution in [3.05, 3.63) is 48.2 Å². The first-order valence-electron chi connectivity index (χ1n) is 5.96. The fourth-order valence-electron chi connectivity index (χ4n) is 1.93. The Kier molecular flexibility index (Phi) is 2.75. The van der Waals surface area contributed by atoms with Gasteiger partial charge in [-0.25, -0.2) is 9.97 Å². The number of imidazole rings is 1. The second-order valence-corrected chi connectivity index (χ2v) is 4.33. The van der Waals surface area contributed by atoms with Crippen LogP contribution in [0.25, 0.3) is 5.65 Å². The van der Waals surface area contributed by atoms with Crippen molar-refractivity contribution in [1.82, 2.24) is 19.4 Å². The van der Waals surface area contributed by atoms with E-state index in [0.29, 0.717) is 18.2 Å². The summed E-state index contributed by atoms with van der Waals surface area (Å²) in [6, 6.07) is 1.98. The highest BCUT2D eigenvalue weighted by atomic mass is 15.1. The fourth-order valence-corrected chi connectivity index (χ4v) is 1.93. The number of aromatic nitrogens is 4. The summed E-state index contributed by atoms with van der Waals surface area (Å²) < 4.78 is 1.85. The van der Waals surface area contributed by atoms with Crippen LogP contribution in [0.4, 0.5) is 11.6 Å². The maximum Gasteiger partial charge on any atom is 0.180 e. The van der Waals surface area contributed by atoms with Crippen LogP contribution in [-0.2, 0) is 6.54 Å². The van der Waals surface area contributed by atoms with Crippen molar-refractivity contribution in [1.29, 1.82) is 0 Å². The van der Waals surface area contributed by atoms with Crippen molar-refractivity contribution in [2.45, 2.75) is 13.5 Å². The second kappa shape index (κ2) is 4.56. The first kappa shape index (κ1) is 11.5. The van der Waals surface area contributed by atoms with Gasteiger partial charge in [-0.1, -0.05) is 0 Å². The van der Waals surface area contributed by atoms with Crippen LogP contribution in [-0.4, -0.2) is 19.4 Å². The third-order valence-corrected chi connectivity index (χ3v) is 2.99. The van der Waals surface area contributed by atoms with Gasteiger partial charge in [0.2, 0.25) is 0 Å². The number of hydrogen-bond acceptors (Lipinski definition) is 5. The third-order valence-electron chi connectivity index (χ3n) is 2.99.